The second kappa shape index (κ2) is 4.03. The number of carbonyl (C=O) groups is 1. The van der Waals surface area contributed by atoms with Gasteiger partial charge in [-0.05, 0) is 7.05 Å². The number of nitrogens with zero attached hydrogens (tertiary/aromatic N) is 3. The first-order chi connectivity index (χ1) is 8.08. The average Bonchev–Trinajstić information content (AvgIpc) is 2.66. The standard InChI is InChI=1S/C11H12N4O2/c1-15-4-7-8(5-15)14-10(13)6(3-12)9(7)11(16)17-2/h4-5H2,1-2H3,(H2,13,14). The number of pyridine rings is 1. The number of nitrogens with two attached hydrogens (primary N) is 1. The van der Waals surface area contributed by atoms with E-state index < -0.39 is 5.97 Å². The second-order valence-electron chi connectivity index (χ2n) is 3.95. The first-order valence-electron chi connectivity index (χ1n) is 5.06. The van der Waals surface area contributed by atoms with Crippen LogP contribution in [-0.4, -0.2) is 30.0 Å². The largest absolute Gasteiger partial charge is 0.465 e. The molecule has 2 rings (SSSR count). The summed E-state index contributed by atoms with van der Waals surface area (Å²) in [4.78, 5) is 17.9. The number of esters is 1. The summed E-state index contributed by atoms with van der Waals surface area (Å²) < 4.78 is 4.70. The molecule has 1 aromatic heterocycles. The van der Waals surface area contributed by atoms with Crippen LogP contribution in [0.25, 0.3) is 0 Å². The van der Waals surface area contributed by atoms with E-state index >= 15 is 0 Å². The predicted molar refractivity (Wildman–Crippen MR) is 59.9 cm³/mol. The summed E-state index contributed by atoms with van der Waals surface area (Å²) >= 11 is 0. The van der Waals surface area contributed by atoms with Crippen LogP contribution in [0, 0.1) is 11.3 Å². The zero-order chi connectivity index (χ0) is 12.6. The van der Waals surface area contributed by atoms with Gasteiger partial charge in [0, 0.05) is 18.7 Å². The molecule has 0 amide bonds. The Morgan fingerprint density at radius 1 is 1.59 bits per heavy atom. The van der Waals surface area contributed by atoms with Gasteiger partial charge in [0.1, 0.15) is 17.5 Å². The molecular formula is C11H12N4O2. The van der Waals surface area contributed by atoms with Gasteiger partial charge in [-0.2, -0.15) is 5.26 Å². The molecular weight excluding hydrogens is 220 g/mol. The van der Waals surface area contributed by atoms with Gasteiger partial charge in [0.2, 0.25) is 0 Å². The van der Waals surface area contributed by atoms with Crippen LogP contribution in [0.5, 0.6) is 0 Å². The van der Waals surface area contributed by atoms with Crippen LogP contribution < -0.4 is 5.73 Å². The molecule has 0 spiro atoms. The van der Waals surface area contributed by atoms with Crippen molar-refractivity contribution in [2.75, 3.05) is 19.9 Å². The Hall–Kier alpha value is -2.13. The number of carbonyl (C=O) groups excluding carboxylic acids is 1. The molecule has 0 atom stereocenters. The van der Waals surface area contributed by atoms with Gasteiger partial charge >= 0.3 is 5.97 Å². The number of nitrogen functional groups attached to an aromatic ring is 1. The number of ether oxygens (including phenoxy) is 1. The van der Waals surface area contributed by atoms with Crippen molar-refractivity contribution < 1.29 is 9.53 Å². The van der Waals surface area contributed by atoms with Gasteiger partial charge in [0.15, 0.2) is 0 Å². The van der Waals surface area contributed by atoms with Gasteiger partial charge < -0.3 is 10.5 Å². The lowest BCUT2D eigenvalue weighted by Crippen LogP contribution is -2.13. The van der Waals surface area contributed by atoms with Crippen molar-refractivity contribution in [3.8, 4) is 6.07 Å². The monoisotopic (exact) mass is 232 g/mol. The van der Waals surface area contributed by atoms with E-state index in [0.717, 1.165) is 11.3 Å². The van der Waals surface area contributed by atoms with Crippen molar-refractivity contribution in [1.82, 2.24) is 9.88 Å². The van der Waals surface area contributed by atoms with Crippen molar-refractivity contribution in [2.24, 2.45) is 0 Å². The van der Waals surface area contributed by atoms with Gasteiger partial charge in [-0.3, -0.25) is 4.90 Å². The molecule has 6 nitrogen and oxygen atoms in total. The molecule has 6 heteroatoms. The van der Waals surface area contributed by atoms with E-state index in [4.69, 9.17) is 15.7 Å². The molecule has 17 heavy (non-hydrogen) atoms. The minimum Gasteiger partial charge on any atom is -0.465 e. The first-order valence-corrected chi connectivity index (χ1v) is 5.06. The molecule has 2 heterocycles. The third-order valence-electron chi connectivity index (χ3n) is 2.76. The molecule has 0 unspecified atom stereocenters. The first kappa shape index (κ1) is 11.4. The Morgan fingerprint density at radius 3 is 2.88 bits per heavy atom. The summed E-state index contributed by atoms with van der Waals surface area (Å²) in [6.07, 6.45) is 0. The Kier molecular flexibility index (Phi) is 2.69. The topological polar surface area (TPSA) is 92.2 Å². The van der Waals surface area contributed by atoms with Crippen molar-refractivity contribution in [3.05, 3.63) is 22.4 Å². The highest BCUT2D eigenvalue weighted by atomic mass is 16.5. The highest BCUT2D eigenvalue weighted by molar-refractivity contribution is 5.95. The summed E-state index contributed by atoms with van der Waals surface area (Å²) in [5, 5.41) is 9.05. The molecule has 1 aliphatic heterocycles. The van der Waals surface area contributed by atoms with Crippen molar-refractivity contribution in [2.45, 2.75) is 13.1 Å². The van der Waals surface area contributed by atoms with E-state index in [1.807, 2.05) is 18.0 Å². The van der Waals surface area contributed by atoms with E-state index in [9.17, 15) is 4.79 Å². The van der Waals surface area contributed by atoms with Crippen LogP contribution in [0.15, 0.2) is 0 Å². The Bertz CT molecular complexity index is 533. The second-order valence-corrected chi connectivity index (χ2v) is 3.95. The smallest absolute Gasteiger partial charge is 0.339 e. The quantitative estimate of drug-likeness (QED) is 0.698. The molecule has 1 aliphatic rings. The Balaban J connectivity index is 2.70. The van der Waals surface area contributed by atoms with Crippen LogP contribution in [0.4, 0.5) is 5.82 Å². The van der Waals surface area contributed by atoms with Crippen molar-refractivity contribution in [1.29, 1.82) is 5.26 Å². The van der Waals surface area contributed by atoms with Gasteiger partial charge in [-0.1, -0.05) is 0 Å². The van der Waals surface area contributed by atoms with Crippen LogP contribution in [-0.2, 0) is 17.8 Å². The highest BCUT2D eigenvalue weighted by Crippen LogP contribution is 2.29. The minimum atomic E-state index is -0.540. The number of fused-ring (bicyclic) bond motifs is 1. The molecule has 0 radical (unpaired) electrons. The molecule has 88 valence electrons. The highest BCUT2D eigenvalue weighted by Gasteiger charge is 2.28. The third kappa shape index (κ3) is 1.70. The fraction of sp³-hybridized carbons (Fsp3) is 0.364. The molecule has 0 aromatic carbocycles. The van der Waals surface area contributed by atoms with E-state index in [0.29, 0.717) is 13.1 Å². The van der Waals surface area contributed by atoms with E-state index in [-0.39, 0.29) is 16.9 Å². The number of hydrogen-bond donors (Lipinski definition) is 1. The number of rotatable bonds is 1. The van der Waals surface area contributed by atoms with Crippen molar-refractivity contribution in [3.63, 3.8) is 0 Å². The third-order valence-corrected chi connectivity index (χ3v) is 2.76. The normalized spacial score (nSPS) is 14.2. The summed E-state index contributed by atoms with van der Waals surface area (Å²) in [6.45, 7) is 1.19. The van der Waals surface area contributed by atoms with Gasteiger partial charge in [0.05, 0.1) is 18.4 Å². The molecule has 0 saturated carbocycles. The van der Waals surface area contributed by atoms with E-state index in [2.05, 4.69) is 4.98 Å². The van der Waals surface area contributed by atoms with Gasteiger partial charge in [0.25, 0.3) is 0 Å². The molecule has 0 saturated heterocycles. The lowest BCUT2D eigenvalue weighted by Gasteiger charge is -2.09. The fourth-order valence-corrected chi connectivity index (χ4v) is 2.02. The van der Waals surface area contributed by atoms with E-state index in [1.54, 1.807) is 0 Å². The molecule has 0 aliphatic carbocycles. The van der Waals surface area contributed by atoms with Crippen LogP contribution >= 0.6 is 0 Å². The number of hydrogen-bond acceptors (Lipinski definition) is 6. The lowest BCUT2D eigenvalue weighted by molar-refractivity contribution is 0.0598. The van der Waals surface area contributed by atoms with Crippen LogP contribution in [0.2, 0.25) is 0 Å². The van der Waals surface area contributed by atoms with Gasteiger partial charge in [-0.15, -0.1) is 0 Å². The van der Waals surface area contributed by atoms with Crippen LogP contribution in [0.1, 0.15) is 27.2 Å². The summed E-state index contributed by atoms with van der Waals surface area (Å²) in [6, 6.07) is 1.92. The zero-order valence-corrected chi connectivity index (χ0v) is 9.65. The summed E-state index contributed by atoms with van der Waals surface area (Å²) in [5.41, 5.74) is 7.52. The van der Waals surface area contributed by atoms with Crippen LogP contribution in [0.3, 0.4) is 0 Å². The number of nitriles is 1. The molecule has 1 aromatic rings. The summed E-state index contributed by atoms with van der Waals surface area (Å²) in [5.74, 6) is -0.454. The minimum absolute atomic E-state index is 0.0851. The number of anilines is 1. The predicted octanol–water partition coefficient (Wildman–Crippen LogP) is 0.267. The van der Waals surface area contributed by atoms with Gasteiger partial charge in [-0.25, -0.2) is 9.78 Å². The van der Waals surface area contributed by atoms with E-state index in [1.165, 1.54) is 7.11 Å². The summed E-state index contributed by atoms with van der Waals surface area (Å²) in [7, 11) is 3.19. The molecule has 2 N–H and O–H groups in total. The SMILES string of the molecule is COC(=O)c1c(C#N)c(N)nc2c1CN(C)C2. The lowest BCUT2D eigenvalue weighted by atomic mass is 10.0. The van der Waals surface area contributed by atoms with Crippen molar-refractivity contribution >= 4 is 11.8 Å². The number of methoxy groups -OCH3 is 1. The average molecular weight is 232 g/mol. The molecule has 0 fully saturated rings. The maximum Gasteiger partial charge on any atom is 0.339 e. The molecule has 0 bridgehead atoms. The maximum atomic E-state index is 11.7. The fourth-order valence-electron chi connectivity index (χ4n) is 2.02. The maximum absolute atomic E-state index is 11.7. The Labute approximate surface area is 98.6 Å². The number of aromatic nitrogens is 1. The zero-order valence-electron chi connectivity index (χ0n) is 9.65. The Morgan fingerprint density at radius 2 is 2.29 bits per heavy atom.